The van der Waals surface area contributed by atoms with E-state index >= 15 is 0 Å². The Morgan fingerprint density at radius 1 is 1.16 bits per heavy atom. The predicted octanol–water partition coefficient (Wildman–Crippen LogP) is 4.64. The minimum absolute atomic E-state index is 0.161. The van der Waals surface area contributed by atoms with Gasteiger partial charge in [0.15, 0.2) is 28.2 Å². The number of hydrogen-bond donors (Lipinski definition) is 1. The third kappa shape index (κ3) is 5.71. The second-order valence-corrected chi connectivity index (χ2v) is 7.22. The molecule has 0 spiro atoms. The SMILES string of the molecule is COc1ccc(-c2csc(NC(=O)CCCOc3ccc(C#N)cc3OC)n2)cc1F. The molecule has 2 aromatic carbocycles. The van der Waals surface area contributed by atoms with Gasteiger partial charge in [0, 0.05) is 23.4 Å². The summed E-state index contributed by atoms with van der Waals surface area (Å²) in [6.45, 7) is 0.309. The topological polar surface area (TPSA) is 93.5 Å². The van der Waals surface area contributed by atoms with E-state index in [0.29, 0.717) is 46.5 Å². The molecule has 7 nitrogen and oxygen atoms in total. The van der Waals surface area contributed by atoms with Crippen LogP contribution in [-0.4, -0.2) is 31.7 Å². The summed E-state index contributed by atoms with van der Waals surface area (Å²) in [6.07, 6.45) is 0.724. The quantitative estimate of drug-likeness (QED) is 0.487. The van der Waals surface area contributed by atoms with Crippen molar-refractivity contribution >= 4 is 22.4 Å². The number of thiazole rings is 1. The van der Waals surface area contributed by atoms with E-state index in [9.17, 15) is 9.18 Å². The number of nitriles is 1. The van der Waals surface area contributed by atoms with Gasteiger partial charge in [0.05, 0.1) is 38.2 Å². The average molecular weight is 441 g/mol. The molecule has 31 heavy (non-hydrogen) atoms. The van der Waals surface area contributed by atoms with E-state index in [0.717, 1.165) is 0 Å². The molecule has 160 valence electrons. The average Bonchev–Trinajstić information content (AvgIpc) is 3.25. The van der Waals surface area contributed by atoms with Gasteiger partial charge in [0.25, 0.3) is 0 Å². The van der Waals surface area contributed by atoms with Gasteiger partial charge in [0.2, 0.25) is 5.91 Å². The van der Waals surface area contributed by atoms with Gasteiger partial charge in [-0.2, -0.15) is 5.26 Å². The van der Waals surface area contributed by atoms with Crippen LogP contribution in [0, 0.1) is 17.1 Å². The van der Waals surface area contributed by atoms with E-state index in [1.165, 1.54) is 37.7 Å². The van der Waals surface area contributed by atoms with Crippen LogP contribution in [0.3, 0.4) is 0 Å². The van der Waals surface area contributed by atoms with E-state index in [1.54, 1.807) is 29.6 Å². The van der Waals surface area contributed by atoms with Gasteiger partial charge in [0.1, 0.15) is 0 Å². The number of carbonyl (C=O) groups excluding carboxylic acids is 1. The Labute approximate surface area is 183 Å². The minimum atomic E-state index is -0.475. The molecule has 1 aromatic heterocycles. The number of rotatable bonds is 9. The Hall–Kier alpha value is -3.64. The number of methoxy groups -OCH3 is 2. The number of halogens is 1. The Morgan fingerprint density at radius 2 is 1.94 bits per heavy atom. The molecule has 0 fully saturated rings. The van der Waals surface area contributed by atoms with Crippen LogP contribution in [0.2, 0.25) is 0 Å². The lowest BCUT2D eigenvalue weighted by Gasteiger charge is -2.10. The Morgan fingerprint density at radius 3 is 2.65 bits per heavy atom. The summed E-state index contributed by atoms with van der Waals surface area (Å²) in [4.78, 5) is 16.5. The minimum Gasteiger partial charge on any atom is -0.494 e. The number of benzene rings is 2. The number of nitrogens with zero attached hydrogens (tertiary/aromatic N) is 2. The fraction of sp³-hybridized carbons (Fsp3) is 0.227. The first-order valence-electron chi connectivity index (χ1n) is 9.34. The molecule has 0 bridgehead atoms. The van der Waals surface area contributed by atoms with E-state index in [-0.39, 0.29) is 18.1 Å². The molecule has 0 unspecified atom stereocenters. The Balaban J connectivity index is 1.49. The van der Waals surface area contributed by atoms with Crippen LogP contribution >= 0.6 is 11.3 Å². The lowest BCUT2D eigenvalue weighted by Crippen LogP contribution is -2.12. The molecule has 0 aliphatic carbocycles. The molecule has 0 saturated carbocycles. The highest BCUT2D eigenvalue weighted by atomic mass is 32.1. The normalized spacial score (nSPS) is 10.3. The first-order chi connectivity index (χ1) is 15.0. The molecule has 0 saturated heterocycles. The Kier molecular flexibility index (Phi) is 7.40. The van der Waals surface area contributed by atoms with Crippen LogP contribution in [0.5, 0.6) is 17.2 Å². The van der Waals surface area contributed by atoms with Crippen molar-refractivity contribution in [3.05, 3.63) is 53.2 Å². The zero-order chi connectivity index (χ0) is 22.2. The highest BCUT2D eigenvalue weighted by molar-refractivity contribution is 7.14. The predicted molar refractivity (Wildman–Crippen MR) is 115 cm³/mol. The third-order valence-electron chi connectivity index (χ3n) is 4.30. The van der Waals surface area contributed by atoms with E-state index < -0.39 is 5.82 Å². The number of anilines is 1. The van der Waals surface area contributed by atoms with Crippen molar-refractivity contribution in [1.29, 1.82) is 5.26 Å². The zero-order valence-electron chi connectivity index (χ0n) is 17.0. The first-order valence-corrected chi connectivity index (χ1v) is 10.2. The lowest BCUT2D eigenvalue weighted by atomic mass is 10.1. The van der Waals surface area contributed by atoms with Crippen LogP contribution in [0.15, 0.2) is 41.8 Å². The van der Waals surface area contributed by atoms with Gasteiger partial charge in [-0.3, -0.25) is 4.79 Å². The third-order valence-corrected chi connectivity index (χ3v) is 5.05. The van der Waals surface area contributed by atoms with Crippen LogP contribution in [0.4, 0.5) is 9.52 Å². The first kappa shape index (κ1) is 22.1. The van der Waals surface area contributed by atoms with Gasteiger partial charge in [-0.25, -0.2) is 9.37 Å². The van der Waals surface area contributed by atoms with Crippen molar-refractivity contribution < 1.29 is 23.4 Å². The van der Waals surface area contributed by atoms with Gasteiger partial charge >= 0.3 is 0 Å². The summed E-state index contributed by atoms with van der Waals surface area (Å²) in [5.74, 6) is 0.468. The standard InChI is InChI=1S/C22H20FN3O4S/c1-28-18-8-6-15(11-16(18)23)17-13-31-22(25-17)26-21(27)4-3-9-30-19-7-5-14(12-24)10-20(19)29-2/h5-8,10-11,13H,3-4,9H2,1-2H3,(H,25,26,27). The summed E-state index contributed by atoms with van der Waals surface area (Å²) in [5, 5.41) is 13.9. The van der Waals surface area contributed by atoms with Crippen molar-refractivity contribution in [3.8, 4) is 34.6 Å². The molecule has 0 radical (unpaired) electrons. The zero-order valence-corrected chi connectivity index (χ0v) is 17.8. The summed E-state index contributed by atoms with van der Waals surface area (Å²) in [5.41, 5.74) is 1.64. The number of aromatic nitrogens is 1. The molecule has 0 atom stereocenters. The molecule has 1 N–H and O–H groups in total. The van der Waals surface area contributed by atoms with Crippen molar-refractivity contribution in [2.24, 2.45) is 0 Å². The van der Waals surface area contributed by atoms with E-state index in [4.69, 9.17) is 19.5 Å². The molecule has 1 heterocycles. The van der Waals surface area contributed by atoms with Crippen molar-refractivity contribution in [3.63, 3.8) is 0 Å². The number of hydrogen-bond acceptors (Lipinski definition) is 7. The second-order valence-electron chi connectivity index (χ2n) is 6.36. The lowest BCUT2D eigenvalue weighted by molar-refractivity contribution is -0.116. The molecule has 1 amide bonds. The molecule has 3 aromatic rings. The fourth-order valence-electron chi connectivity index (χ4n) is 2.74. The van der Waals surface area contributed by atoms with Gasteiger partial charge < -0.3 is 19.5 Å². The van der Waals surface area contributed by atoms with Gasteiger partial charge in [-0.05, 0) is 36.8 Å². The maximum absolute atomic E-state index is 13.9. The highest BCUT2D eigenvalue weighted by Gasteiger charge is 2.11. The Bertz CT molecular complexity index is 1110. The monoisotopic (exact) mass is 441 g/mol. The smallest absolute Gasteiger partial charge is 0.226 e. The molecular weight excluding hydrogens is 421 g/mol. The maximum atomic E-state index is 13.9. The van der Waals surface area contributed by atoms with Crippen molar-refractivity contribution in [2.75, 3.05) is 26.1 Å². The maximum Gasteiger partial charge on any atom is 0.226 e. The van der Waals surface area contributed by atoms with Gasteiger partial charge in [-0.1, -0.05) is 0 Å². The number of nitrogens with one attached hydrogen (secondary N) is 1. The molecular formula is C22H20FN3O4S. The van der Waals surface area contributed by atoms with Crippen LogP contribution in [-0.2, 0) is 4.79 Å². The summed E-state index contributed by atoms with van der Waals surface area (Å²) in [6, 6.07) is 11.5. The summed E-state index contributed by atoms with van der Waals surface area (Å²) >= 11 is 1.26. The van der Waals surface area contributed by atoms with Crippen LogP contribution in [0.25, 0.3) is 11.3 Å². The summed E-state index contributed by atoms with van der Waals surface area (Å²) in [7, 11) is 2.90. The molecule has 3 rings (SSSR count). The van der Waals surface area contributed by atoms with Gasteiger partial charge in [-0.15, -0.1) is 11.3 Å². The largest absolute Gasteiger partial charge is 0.494 e. The van der Waals surface area contributed by atoms with Crippen LogP contribution < -0.4 is 19.5 Å². The fourth-order valence-corrected chi connectivity index (χ4v) is 3.48. The number of carbonyl (C=O) groups is 1. The molecule has 0 aliphatic rings. The molecule has 0 aliphatic heterocycles. The van der Waals surface area contributed by atoms with Crippen molar-refractivity contribution in [2.45, 2.75) is 12.8 Å². The molecule has 9 heteroatoms. The number of ether oxygens (including phenoxy) is 3. The number of amides is 1. The second kappa shape index (κ2) is 10.4. The summed E-state index contributed by atoms with van der Waals surface area (Å²) < 4.78 is 29.7. The highest BCUT2D eigenvalue weighted by Crippen LogP contribution is 2.29. The van der Waals surface area contributed by atoms with Crippen molar-refractivity contribution in [1.82, 2.24) is 4.98 Å². The van der Waals surface area contributed by atoms with E-state index in [2.05, 4.69) is 10.3 Å². The van der Waals surface area contributed by atoms with Crippen LogP contribution in [0.1, 0.15) is 18.4 Å². The van der Waals surface area contributed by atoms with E-state index in [1.807, 2.05) is 6.07 Å².